The van der Waals surface area contributed by atoms with E-state index >= 15 is 0 Å². The molecule has 0 radical (unpaired) electrons. The van der Waals surface area contributed by atoms with Crippen LogP contribution in [0.25, 0.3) is 0 Å². The quantitative estimate of drug-likeness (QED) is 0.928. The van der Waals surface area contributed by atoms with Gasteiger partial charge in [0.05, 0.1) is 17.3 Å². The molecule has 1 aromatic carbocycles. The Kier molecular flexibility index (Phi) is 3.85. The second-order valence-corrected chi connectivity index (χ2v) is 4.63. The van der Waals surface area contributed by atoms with Crippen molar-refractivity contribution in [1.29, 1.82) is 5.26 Å². The van der Waals surface area contributed by atoms with E-state index in [0.717, 1.165) is 16.8 Å². The van der Waals surface area contributed by atoms with Crippen LogP contribution in [0.4, 0.5) is 0 Å². The molecule has 1 N–H and O–H groups in total. The Morgan fingerprint density at radius 1 is 1.40 bits per heavy atom. The fourth-order valence-corrected chi connectivity index (χ4v) is 1.91. The predicted molar refractivity (Wildman–Crippen MR) is 73.0 cm³/mol. The normalized spacial score (nSPS) is 10.1. The third kappa shape index (κ3) is 2.69. The number of carbonyl (C=O) groups is 1. The van der Waals surface area contributed by atoms with Gasteiger partial charge in [-0.1, -0.05) is 11.2 Å². The molecule has 0 bridgehead atoms. The molecule has 2 rings (SSSR count). The number of nitriles is 1. The van der Waals surface area contributed by atoms with Crippen LogP contribution in [-0.2, 0) is 6.54 Å². The van der Waals surface area contributed by atoms with Gasteiger partial charge in [0, 0.05) is 17.7 Å². The summed E-state index contributed by atoms with van der Waals surface area (Å²) in [4.78, 5) is 12.1. The molecule has 0 saturated carbocycles. The molecule has 102 valence electrons. The molecule has 0 spiro atoms. The van der Waals surface area contributed by atoms with Crippen molar-refractivity contribution in [3.63, 3.8) is 0 Å². The average Bonchev–Trinajstić information content (AvgIpc) is 2.76. The summed E-state index contributed by atoms with van der Waals surface area (Å²) in [5.74, 6) is 0.478. The molecule has 5 nitrogen and oxygen atoms in total. The van der Waals surface area contributed by atoms with Gasteiger partial charge in [-0.3, -0.25) is 4.79 Å². The van der Waals surface area contributed by atoms with Crippen molar-refractivity contribution in [3.05, 3.63) is 51.9 Å². The smallest absolute Gasteiger partial charge is 0.251 e. The van der Waals surface area contributed by atoms with Crippen LogP contribution in [0, 0.1) is 32.1 Å². The highest BCUT2D eigenvalue weighted by Gasteiger charge is 2.12. The number of aromatic nitrogens is 1. The lowest BCUT2D eigenvalue weighted by Crippen LogP contribution is -2.23. The van der Waals surface area contributed by atoms with Gasteiger partial charge in [0.15, 0.2) is 0 Å². The number of rotatable bonds is 3. The van der Waals surface area contributed by atoms with E-state index in [1.54, 1.807) is 25.1 Å². The number of nitrogens with zero attached hydrogens (tertiary/aromatic N) is 2. The fourth-order valence-electron chi connectivity index (χ4n) is 1.91. The van der Waals surface area contributed by atoms with Crippen molar-refractivity contribution in [2.45, 2.75) is 27.3 Å². The Morgan fingerprint density at radius 3 is 2.75 bits per heavy atom. The molecule has 20 heavy (non-hydrogen) atoms. The molecule has 5 heteroatoms. The number of benzene rings is 1. The van der Waals surface area contributed by atoms with Crippen molar-refractivity contribution in [1.82, 2.24) is 10.5 Å². The average molecular weight is 269 g/mol. The van der Waals surface area contributed by atoms with Crippen molar-refractivity contribution in [2.75, 3.05) is 0 Å². The van der Waals surface area contributed by atoms with Crippen molar-refractivity contribution < 1.29 is 9.32 Å². The summed E-state index contributed by atoms with van der Waals surface area (Å²) < 4.78 is 5.04. The third-order valence-corrected chi connectivity index (χ3v) is 3.23. The molecule has 1 heterocycles. The van der Waals surface area contributed by atoms with Crippen LogP contribution in [0.5, 0.6) is 0 Å². The maximum Gasteiger partial charge on any atom is 0.251 e. The van der Waals surface area contributed by atoms with E-state index in [4.69, 9.17) is 9.78 Å². The molecule has 0 atom stereocenters. The molecular weight excluding hydrogens is 254 g/mol. The fraction of sp³-hybridized carbons (Fsp3) is 0.267. The SMILES string of the molecule is Cc1ccc(C(=O)NCc2c(C)noc2C)cc1C#N. The van der Waals surface area contributed by atoms with Crippen LogP contribution < -0.4 is 5.32 Å². The van der Waals surface area contributed by atoms with E-state index in [0.29, 0.717) is 23.4 Å². The van der Waals surface area contributed by atoms with E-state index in [2.05, 4.69) is 16.5 Å². The summed E-state index contributed by atoms with van der Waals surface area (Å²) in [5, 5.41) is 15.6. The Morgan fingerprint density at radius 2 is 2.15 bits per heavy atom. The largest absolute Gasteiger partial charge is 0.361 e. The first-order chi connectivity index (χ1) is 9.52. The summed E-state index contributed by atoms with van der Waals surface area (Å²) in [6, 6.07) is 7.14. The summed E-state index contributed by atoms with van der Waals surface area (Å²) in [6.07, 6.45) is 0. The summed E-state index contributed by atoms with van der Waals surface area (Å²) in [7, 11) is 0. The minimum Gasteiger partial charge on any atom is -0.361 e. The van der Waals surface area contributed by atoms with Crippen LogP contribution in [-0.4, -0.2) is 11.1 Å². The lowest BCUT2D eigenvalue weighted by atomic mass is 10.1. The van der Waals surface area contributed by atoms with Gasteiger partial charge < -0.3 is 9.84 Å². The predicted octanol–water partition coefficient (Wildman–Crippen LogP) is 2.40. The van der Waals surface area contributed by atoms with Crippen molar-refractivity contribution in [2.24, 2.45) is 0 Å². The summed E-state index contributed by atoms with van der Waals surface area (Å²) >= 11 is 0. The maximum atomic E-state index is 12.1. The lowest BCUT2D eigenvalue weighted by molar-refractivity contribution is 0.0951. The third-order valence-electron chi connectivity index (χ3n) is 3.23. The van der Waals surface area contributed by atoms with E-state index in [9.17, 15) is 4.79 Å². The second kappa shape index (κ2) is 5.57. The monoisotopic (exact) mass is 269 g/mol. The first-order valence-corrected chi connectivity index (χ1v) is 6.23. The van der Waals surface area contributed by atoms with Gasteiger partial charge in [0.25, 0.3) is 5.91 Å². The van der Waals surface area contributed by atoms with Gasteiger partial charge in [0.1, 0.15) is 5.76 Å². The Balaban J connectivity index is 2.12. The number of hydrogen-bond donors (Lipinski definition) is 1. The van der Waals surface area contributed by atoms with E-state index in [1.165, 1.54) is 0 Å². The molecule has 2 aromatic rings. The van der Waals surface area contributed by atoms with Gasteiger partial charge in [0.2, 0.25) is 0 Å². The first kappa shape index (κ1) is 13.8. The highest BCUT2D eigenvalue weighted by Crippen LogP contribution is 2.13. The highest BCUT2D eigenvalue weighted by molar-refractivity contribution is 5.94. The zero-order chi connectivity index (χ0) is 14.7. The van der Waals surface area contributed by atoms with Gasteiger partial charge in [-0.15, -0.1) is 0 Å². The van der Waals surface area contributed by atoms with Gasteiger partial charge in [-0.2, -0.15) is 5.26 Å². The molecule has 0 aliphatic heterocycles. The number of carbonyl (C=O) groups excluding carboxylic acids is 1. The van der Waals surface area contributed by atoms with Gasteiger partial charge >= 0.3 is 0 Å². The number of amides is 1. The van der Waals surface area contributed by atoms with E-state index in [-0.39, 0.29) is 5.91 Å². The van der Waals surface area contributed by atoms with Crippen LogP contribution in [0.15, 0.2) is 22.7 Å². The Bertz CT molecular complexity index is 676. The molecular formula is C15H15N3O2. The zero-order valence-electron chi connectivity index (χ0n) is 11.7. The van der Waals surface area contributed by atoms with Gasteiger partial charge in [-0.25, -0.2) is 0 Å². The minimum atomic E-state index is -0.221. The van der Waals surface area contributed by atoms with Crippen LogP contribution in [0.3, 0.4) is 0 Å². The Hall–Kier alpha value is -2.61. The number of hydrogen-bond acceptors (Lipinski definition) is 4. The highest BCUT2D eigenvalue weighted by atomic mass is 16.5. The van der Waals surface area contributed by atoms with Crippen molar-refractivity contribution in [3.8, 4) is 6.07 Å². The number of aryl methyl sites for hydroxylation is 3. The van der Waals surface area contributed by atoms with Crippen LogP contribution in [0.2, 0.25) is 0 Å². The molecule has 1 aromatic heterocycles. The zero-order valence-corrected chi connectivity index (χ0v) is 11.7. The number of nitrogens with one attached hydrogen (secondary N) is 1. The minimum absolute atomic E-state index is 0.221. The standard InChI is InChI=1S/C15H15N3O2/c1-9-4-5-12(6-13(9)7-16)15(19)17-8-14-10(2)18-20-11(14)3/h4-6H,8H2,1-3H3,(H,17,19). The van der Waals surface area contributed by atoms with Gasteiger partial charge in [-0.05, 0) is 38.5 Å². The Labute approximate surface area is 117 Å². The molecule has 0 fully saturated rings. The van der Waals surface area contributed by atoms with E-state index in [1.807, 2.05) is 13.8 Å². The molecule has 0 aliphatic carbocycles. The molecule has 0 unspecified atom stereocenters. The van der Waals surface area contributed by atoms with Crippen LogP contribution >= 0.6 is 0 Å². The summed E-state index contributed by atoms with van der Waals surface area (Å²) in [6.45, 7) is 5.83. The second-order valence-electron chi connectivity index (χ2n) is 4.63. The molecule has 0 saturated heterocycles. The molecule has 0 aliphatic rings. The maximum absolute atomic E-state index is 12.1. The molecule has 1 amide bonds. The van der Waals surface area contributed by atoms with Crippen molar-refractivity contribution >= 4 is 5.91 Å². The summed E-state index contributed by atoms with van der Waals surface area (Å²) in [5.41, 5.74) is 3.49. The lowest BCUT2D eigenvalue weighted by Gasteiger charge is -2.06. The first-order valence-electron chi connectivity index (χ1n) is 6.23. The van der Waals surface area contributed by atoms with Crippen LogP contribution in [0.1, 0.15) is 38.5 Å². The topological polar surface area (TPSA) is 78.9 Å². The van der Waals surface area contributed by atoms with E-state index < -0.39 is 0 Å².